The average Bonchev–Trinajstić information content (AvgIpc) is 3.13. The second-order valence-electron chi connectivity index (χ2n) is 5.25. The molecule has 0 aliphatic carbocycles. The van der Waals surface area contributed by atoms with Crippen LogP contribution >= 0.6 is 0 Å². The van der Waals surface area contributed by atoms with Gasteiger partial charge in [0.25, 0.3) is 5.56 Å². The molecule has 1 aromatic carbocycles. The lowest BCUT2D eigenvalue weighted by Gasteiger charge is -2.06. The van der Waals surface area contributed by atoms with Gasteiger partial charge in [0.05, 0.1) is 16.6 Å². The first-order chi connectivity index (χ1) is 10.6. The summed E-state index contributed by atoms with van der Waals surface area (Å²) in [6, 6.07) is 5.34. The van der Waals surface area contributed by atoms with Crippen LogP contribution in [-0.2, 0) is 0 Å². The number of fused-ring (bicyclic) bond motifs is 3. The number of benzene rings is 1. The van der Waals surface area contributed by atoms with Crippen LogP contribution < -0.4 is 15.0 Å². The number of pyridine rings is 1. The van der Waals surface area contributed by atoms with Gasteiger partial charge < -0.3 is 24.0 Å². The number of hydrogen-bond acceptors (Lipinski definition) is 5. The van der Waals surface area contributed by atoms with Crippen molar-refractivity contribution in [2.75, 3.05) is 6.79 Å². The number of rotatable bonds is 1. The normalized spacial score (nSPS) is 13.0. The Kier molecular flexibility index (Phi) is 2.51. The van der Waals surface area contributed by atoms with Crippen molar-refractivity contribution in [3.63, 3.8) is 0 Å². The summed E-state index contributed by atoms with van der Waals surface area (Å²) in [6.45, 7) is 3.47. The Balaban J connectivity index is 1.98. The van der Waals surface area contributed by atoms with Gasteiger partial charge in [0, 0.05) is 5.56 Å². The van der Waals surface area contributed by atoms with E-state index in [1.165, 1.54) is 0 Å². The van der Waals surface area contributed by atoms with Crippen LogP contribution in [-0.4, -0.2) is 16.9 Å². The van der Waals surface area contributed by atoms with Crippen molar-refractivity contribution in [2.24, 2.45) is 0 Å². The Bertz CT molecular complexity index is 967. The highest BCUT2D eigenvalue weighted by molar-refractivity contribution is 5.91. The molecule has 0 fully saturated rings. The van der Waals surface area contributed by atoms with Crippen molar-refractivity contribution in [3.05, 3.63) is 39.7 Å². The summed E-state index contributed by atoms with van der Waals surface area (Å²) < 4.78 is 16.6. The molecule has 1 aliphatic heterocycles. The van der Waals surface area contributed by atoms with E-state index in [0.717, 1.165) is 5.39 Å². The molecule has 0 amide bonds. The molecule has 2 N–H and O–H groups in total. The summed E-state index contributed by atoms with van der Waals surface area (Å²) in [5, 5.41) is 10.8. The third kappa shape index (κ3) is 1.64. The largest absolute Gasteiger partial charge is 0.507 e. The fraction of sp³-hybridized carbons (Fsp3) is 0.188. The van der Waals surface area contributed by atoms with Gasteiger partial charge in [-0.1, -0.05) is 0 Å². The van der Waals surface area contributed by atoms with Crippen LogP contribution in [0.3, 0.4) is 0 Å². The van der Waals surface area contributed by atoms with Gasteiger partial charge in [-0.2, -0.15) is 0 Å². The van der Waals surface area contributed by atoms with Crippen molar-refractivity contribution in [3.8, 4) is 28.7 Å². The number of aromatic hydroxyl groups is 1. The maximum absolute atomic E-state index is 11.9. The van der Waals surface area contributed by atoms with Crippen LogP contribution in [0.25, 0.3) is 22.4 Å². The van der Waals surface area contributed by atoms with Gasteiger partial charge in [0.1, 0.15) is 11.3 Å². The van der Waals surface area contributed by atoms with Gasteiger partial charge >= 0.3 is 0 Å². The first-order valence-electron chi connectivity index (χ1n) is 6.81. The van der Waals surface area contributed by atoms with E-state index < -0.39 is 0 Å². The average molecular weight is 299 g/mol. The first kappa shape index (κ1) is 12.8. The highest BCUT2D eigenvalue weighted by Crippen LogP contribution is 2.42. The van der Waals surface area contributed by atoms with E-state index in [2.05, 4.69) is 4.98 Å². The number of aromatic amines is 1. The van der Waals surface area contributed by atoms with Crippen molar-refractivity contribution in [1.29, 1.82) is 0 Å². The lowest BCUT2D eigenvalue weighted by atomic mass is 10.1. The Morgan fingerprint density at radius 2 is 2.00 bits per heavy atom. The van der Waals surface area contributed by atoms with Crippen LogP contribution in [0.4, 0.5) is 0 Å². The van der Waals surface area contributed by atoms with E-state index in [0.29, 0.717) is 34.1 Å². The zero-order chi connectivity index (χ0) is 15.4. The van der Waals surface area contributed by atoms with Crippen LogP contribution in [0.15, 0.2) is 27.4 Å². The molecule has 6 nitrogen and oxygen atoms in total. The van der Waals surface area contributed by atoms with E-state index in [-0.39, 0.29) is 23.7 Å². The minimum absolute atomic E-state index is 0.0241. The van der Waals surface area contributed by atoms with Crippen molar-refractivity contribution >= 4 is 11.0 Å². The molecule has 112 valence electrons. The Labute approximate surface area is 124 Å². The zero-order valence-electron chi connectivity index (χ0n) is 12.0. The van der Waals surface area contributed by atoms with Gasteiger partial charge in [-0.05, 0) is 32.0 Å². The van der Waals surface area contributed by atoms with E-state index in [1.807, 2.05) is 0 Å². The molecule has 0 atom stereocenters. The second-order valence-corrected chi connectivity index (χ2v) is 5.25. The summed E-state index contributed by atoms with van der Waals surface area (Å²) in [5.74, 6) is 1.73. The standard InChI is InChI=1S/C16H13NO5/c1-7-13(17-16(19)8(2)14(7)18)12-5-9-10(22-12)3-4-11-15(9)21-6-20-11/h3-5H,6H2,1-2H3,(H2,17,18,19). The van der Waals surface area contributed by atoms with Gasteiger partial charge in [0.15, 0.2) is 17.3 Å². The Morgan fingerprint density at radius 1 is 1.18 bits per heavy atom. The number of H-pyrrole nitrogens is 1. The molecular formula is C16H13NO5. The minimum atomic E-state index is -0.344. The van der Waals surface area contributed by atoms with E-state index in [4.69, 9.17) is 13.9 Å². The maximum Gasteiger partial charge on any atom is 0.255 e. The molecule has 1 aliphatic rings. The molecular weight excluding hydrogens is 286 g/mol. The minimum Gasteiger partial charge on any atom is -0.507 e. The maximum atomic E-state index is 11.9. The fourth-order valence-corrected chi connectivity index (χ4v) is 2.66. The van der Waals surface area contributed by atoms with Gasteiger partial charge in [-0.25, -0.2) is 0 Å². The number of ether oxygens (including phenoxy) is 2. The molecule has 0 saturated heterocycles. The van der Waals surface area contributed by atoms with Gasteiger partial charge in [-0.15, -0.1) is 0 Å². The topological polar surface area (TPSA) is 84.7 Å². The Morgan fingerprint density at radius 3 is 2.82 bits per heavy atom. The molecule has 6 heteroatoms. The highest BCUT2D eigenvalue weighted by atomic mass is 16.7. The molecule has 0 radical (unpaired) electrons. The molecule has 0 spiro atoms. The monoisotopic (exact) mass is 299 g/mol. The number of hydrogen-bond donors (Lipinski definition) is 2. The summed E-state index contributed by atoms with van der Waals surface area (Å²) in [6.07, 6.45) is 0. The summed E-state index contributed by atoms with van der Waals surface area (Å²) in [4.78, 5) is 14.6. The number of aromatic nitrogens is 1. The third-order valence-electron chi connectivity index (χ3n) is 3.94. The molecule has 3 heterocycles. The lowest BCUT2D eigenvalue weighted by Crippen LogP contribution is -2.11. The summed E-state index contributed by atoms with van der Waals surface area (Å²) in [7, 11) is 0. The zero-order valence-corrected chi connectivity index (χ0v) is 12.0. The van der Waals surface area contributed by atoms with Crippen LogP contribution in [0.1, 0.15) is 11.1 Å². The fourth-order valence-electron chi connectivity index (χ4n) is 2.66. The van der Waals surface area contributed by atoms with Gasteiger partial charge in [-0.3, -0.25) is 4.79 Å². The third-order valence-corrected chi connectivity index (χ3v) is 3.94. The van der Waals surface area contributed by atoms with E-state index in [9.17, 15) is 9.90 Å². The van der Waals surface area contributed by atoms with E-state index >= 15 is 0 Å². The van der Waals surface area contributed by atoms with Crippen LogP contribution in [0, 0.1) is 13.8 Å². The molecule has 4 rings (SSSR count). The molecule has 0 saturated carbocycles. The number of nitrogens with one attached hydrogen (secondary N) is 1. The highest BCUT2D eigenvalue weighted by Gasteiger charge is 2.21. The van der Waals surface area contributed by atoms with Crippen LogP contribution in [0.5, 0.6) is 17.2 Å². The number of furan rings is 1. The predicted octanol–water partition coefficient (Wildman–Crippen LogP) is 2.84. The molecule has 2 aromatic heterocycles. The second kappa shape index (κ2) is 4.30. The van der Waals surface area contributed by atoms with Crippen molar-refractivity contribution in [1.82, 2.24) is 4.98 Å². The van der Waals surface area contributed by atoms with Crippen molar-refractivity contribution < 1.29 is 19.0 Å². The molecule has 22 heavy (non-hydrogen) atoms. The van der Waals surface area contributed by atoms with Crippen LogP contribution in [0.2, 0.25) is 0 Å². The first-order valence-corrected chi connectivity index (χ1v) is 6.81. The van der Waals surface area contributed by atoms with Crippen molar-refractivity contribution in [2.45, 2.75) is 13.8 Å². The smallest absolute Gasteiger partial charge is 0.255 e. The molecule has 0 bridgehead atoms. The summed E-state index contributed by atoms with van der Waals surface area (Å²) in [5.41, 5.74) is 1.58. The molecule has 0 unspecified atom stereocenters. The molecule has 3 aromatic rings. The SMILES string of the molecule is Cc1c(-c2cc3c4c(ccc3o2)OCO4)[nH]c(=O)c(C)c1O. The Hall–Kier alpha value is -2.89. The lowest BCUT2D eigenvalue weighted by molar-refractivity contribution is 0.175. The van der Waals surface area contributed by atoms with Gasteiger partial charge in [0.2, 0.25) is 6.79 Å². The summed E-state index contributed by atoms with van der Waals surface area (Å²) >= 11 is 0. The quantitative estimate of drug-likeness (QED) is 0.721. The van der Waals surface area contributed by atoms with E-state index in [1.54, 1.807) is 32.0 Å². The predicted molar refractivity (Wildman–Crippen MR) is 79.5 cm³/mol.